The average molecular weight is 177 g/mol. The van der Waals surface area contributed by atoms with E-state index in [4.69, 9.17) is 16.3 Å². The first-order valence-electron chi connectivity index (χ1n) is 4.32. The molecule has 0 spiro atoms. The van der Waals surface area contributed by atoms with Crippen molar-refractivity contribution in [3.05, 3.63) is 0 Å². The zero-order valence-corrected chi connectivity index (χ0v) is 8.16. The molecule has 0 aromatic carbocycles. The minimum atomic E-state index is 0.440. The molecule has 1 aliphatic heterocycles. The molecule has 1 nitrogen and oxygen atoms in total. The minimum Gasteiger partial charge on any atom is -0.380 e. The van der Waals surface area contributed by atoms with Crippen LogP contribution < -0.4 is 0 Å². The van der Waals surface area contributed by atoms with Crippen LogP contribution in [0.3, 0.4) is 0 Å². The van der Waals surface area contributed by atoms with Gasteiger partial charge in [0.25, 0.3) is 0 Å². The Labute approximate surface area is 74.1 Å². The van der Waals surface area contributed by atoms with Gasteiger partial charge in [0.15, 0.2) is 0 Å². The highest BCUT2D eigenvalue weighted by atomic mass is 35.5. The molecule has 1 rings (SSSR count). The van der Waals surface area contributed by atoms with E-state index in [-0.39, 0.29) is 0 Å². The lowest BCUT2D eigenvalue weighted by atomic mass is 9.76. The molecule has 11 heavy (non-hydrogen) atoms. The first-order chi connectivity index (χ1) is 5.18. The Morgan fingerprint density at radius 1 is 1.45 bits per heavy atom. The topological polar surface area (TPSA) is 9.23 Å². The van der Waals surface area contributed by atoms with Gasteiger partial charge in [0.05, 0.1) is 13.2 Å². The molecule has 1 saturated heterocycles. The van der Waals surface area contributed by atoms with Crippen LogP contribution in [0.25, 0.3) is 0 Å². The average Bonchev–Trinajstić information content (AvgIpc) is 1.82. The molecule has 66 valence electrons. The van der Waals surface area contributed by atoms with Crippen LogP contribution in [0.1, 0.15) is 26.7 Å². The number of hydrogen-bond donors (Lipinski definition) is 0. The second kappa shape index (κ2) is 3.77. The summed E-state index contributed by atoms with van der Waals surface area (Å²) in [6.07, 6.45) is 2.38. The second-order valence-corrected chi connectivity index (χ2v) is 4.41. The van der Waals surface area contributed by atoms with Crippen molar-refractivity contribution in [2.75, 3.05) is 19.1 Å². The lowest BCUT2D eigenvalue weighted by Gasteiger charge is -2.42. The third kappa shape index (κ3) is 2.34. The van der Waals surface area contributed by atoms with Crippen molar-refractivity contribution in [2.45, 2.75) is 26.7 Å². The number of ether oxygens (including phenoxy) is 1. The van der Waals surface area contributed by atoms with Crippen LogP contribution >= 0.6 is 11.6 Å². The lowest BCUT2D eigenvalue weighted by Crippen LogP contribution is -2.43. The summed E-state index contributed by atoms with van der Waals surface area (Å²) < 4.78 is 5.23. The first-order valence-corrected chi connectivity index (χ1v) is 4.86. The Bertz CT molecular complexity index is 119. The van der Waals surface area contributed by atoms with Gasteiger partial charge in [-0.25, -0.2) is 0 Å². The van der Waals surface area contributed by atoms with Gasteiger partial charge in [-0.15, -0.1) is 11.6 Å². The molecular weight excluding hydrogens is 160 g/mol. The van der Waals surface area contributed by atoms with Crippen LogP contribution in [-0.2, 0) is 4.74 Å². The van der Waals surface area contributed by atoms with E-state index < -0.39 is 0 Å². The van der Waals surface area contributed by atoms with Crippen LogP contribution in [-0.4, -0.2) is 19.1 Å². The van der Waals surface area contributed by atoms with Gasteiger partial charge in [0.1, 0.15) is 0 Å². The fraction of sp³-hybridized carbons (Fsp3) is 1.00. The van der Waals surface area contributed by atoms with Gasteiger partial charge in [-0.2, -0.15) is 0 Å². The van der Waals surface area contributed by atoms with E-state index in [0.717, 1.165) is 31.4 Å². The van der Waals surface area contributed by atoms with Crippen molar-refractivity contribution in [1.82, 2.24) is 0 Å². The van der Waals surface area contributed by atoms with E-state index in [9.17, 15) is 0 Å². The highest BCUT2D eigenvalue weighted by molar-refractivity contribution is 6.17. The molecule has 0 aliphatic carbocycles. The van der Waals surface area contributed by atoms with Crippen LogP contribution in [0.2, 0.25) is 0 Å². The fourth-order valence-corrected chi connectivity index (χ4v) is 2.22. The highest BCUT2D eigenvalue weighted by Gasteiger charge is 2.37. The summed E-state index contributed by atoms with van der Waals surface area (Å²) in [7, 11) is 0. The van der Waals surface area contributed by atoms with E-state index in [1.807, 2.05) is 0 Å². The molecule has 0 atom stereocenters. The molecule has 1 fully saturated rings. The maximum atomic E-state index is 5.73. The SMILES string of the molecule is CC(C)CC1(CCCl)COC1. The van der Waals surface area contributed by atoms with Crippen molar-refractivity contribution in [3.8, 4) is 0 Å². The van der Waals surface area contributed by atoms with Gasteiger partial charge in [-0.1, -0.05) is 13.8 Å². The van der Waals surface area contributed by atoms with E-state index in [0.29, 0.717) is 5.41 Å². The van der Waals surface area contributed by atoms with Gasteiger partial charge >= 0.3 is 0 Å². The molecule has 0 aromatic heterocycles. The number of alkyl halides is 1. The largest absolute Gasteiger partial charge is 0.380 e. The molecular formula is C9H17ClO. The summed E-state index contributed by atoms with van der Waals surface area (Å²) in [5.41, 5.74) is 0.440. The van der Waals surface area contributed by atoms with Gasteiger partial charge in [0, 0.05) is 11.3 Å². The summed E-state index contributed by atoms with van der Waals surface area (Å²) in [5, 5.41) is 0. The molecule has 0 unspecified atom stereocenters. The number of rotatable bonds is 4. The zero-order chi connectivity index (χ0) is 8.32. The maximum Gasteiger partial charge on any atom is 0.0545 e. The van der Waals surface area contributed by atoms with Gasteiger partial charge in [-0.3, -0.25) is 0 Å². The summed E-state index contributed by atoms with van der Waals surface area (Å²) in [4.78, 5) is 0. The summed E-state index contributed by atoms with van der Waals surface area (Å²) in [6.45, 7) is 6.37. The predicted molar refractivity (Wildman–Crippen MR) is 48.0 cm³/mol. The van der Waals surface area contributed by atoms with Crippen LogP contribution in [0, 0.1) is 11.3 Å². The van der Waals surface area contributed by atoms with Crippen molar-refractivity contribution < 1.29 is 4.74 Å². The molecule has 2 heteroatoms. The van der Waals surface area contributed by atoms with E-state index in [1.54, 1.807) is 0 Å². The molecule has 0 aromatic rings. The third-order valence-corrected chi connectivity index (χ3v) is 2.47. The molecule has 1 heterocycles. The standard InChI is InChI=1S/C9H17ClO/c1-8(2)5-9(3-4-10)6-11-7-9/h8H,3-7H2,1-2H3. The van der Waals surface area contributed by atoms with Crippen LogP contribution in [0.4, 0.5) is 0 Å². The fourth-order valence-electron chi connectivity index (χ4n) is 1.82. The highest BCUT2D eigenvalue weighted by Crippen LogP contribution is 2.37. The Hall–Kier alpha value is 0.250. The van der Waals surface area contributed by atoms with Gasteiger partial charge in [0.2, 0.25) is 0 Å². The summed E-state index contributed by atoms with van der Waals surface area (Å²) in [6, 6.07) is 0. The number of hydrogen-bond acceptors (Lipinski definition) is 1. The van der Waals surface area contributed by atoms with Crippen molar-refractivity contribution in [3.63, 3.8) is 0 Å². The van der Waals surface area contributed by atoms with Crippen LogP contribution in [0.5, 0.6) is 0 Å². The molecule has 0 radical (unpaired) electrons. The molecule has 0 saturated carbocycles. The Balaban J connectivity index is 2.33. The molecule has 0 N–H and O–H groups in total. The molecule has 1 aliphatic rings. The van der Waals surface area contributed by atoms with Gasteiger partial charge < -0.3 is 4.74 Å². The second-order valence-electron chi connectivity index (χ2n) is 4.03. The Morgan fingerprint density at radius 3 is 2.36 bits per heavy atom. The van der Waals surface area contributed by atoms with E-state index >= 15 is 0 Å². The van der Waals surface area contributed by atoms with Gasteiger partial charge in [-0.05, 0) is 18.8 Å². The monoisotopic (exact) mass is 176 g/mol. The minimum absolute atomic E-state index is 0.440. The number of halogens is 1. The Kier molecular flexibility index (Phi) is 3.20. The Morgan fingerprint density at radius 2 is 2.09 bits per heavy atom. The first kappa shape index (κ1) is 9.34. The normalized spacial score (nSPS) is 21.8. The summed E-state index contributed by atoms with van der Waals surface area (Å²) in [5.74, 6) is 1.54. The van der Waals surface area contributed by atoms with Crippen molar-refractivity contribution >= 4 is 11.6 Å². The lowest BCUT2D eigenvalue weighted by molar-refractivity contribution is -0.124. The quantitative estimate of drug-likeness (QED) is 0.599. The van der Waals surface area contributed by atoms with Crippen LogP contribution in [0.15, 0.2) is 0 Å². The molecule has 0 bridgehead atoms. The zero-order valence-electron chi connectivity index (χ0n) is 7.40. The molecule has 0 amide bonds. The van der Waals surface area contributed by atoms with Crippen molar-refractivity contribution in [2.24, 2.45) is 11.3 Å². The van der Waals surface area contributed by atoms with Crippen molar-refractivity contribution in [1.29, 1.82) is 0 Å². The third-order valence-electron chi connectivity index (χ3n) is 2.28. The van der Waals surface area contributed by atoms with E-state index in [1.165, 1.54) is 6.42 Å². The predicted octanol–water partition coefficient (Wildman–Crippen LogP) is 2.68. The van der Waals surface area contributed by atoms with E-state index in [2.05, 4.69) is 13.8 Å². The smallest absolute Gasteiger partial charge is 0.0545 e. The maximum absolute atomic E-state index is 5.73. The summed E-state index contributed by atoms with van der Waals surface area (Å²) >= 11 is 5.73.